The van der Waals surface area contributed by atoms with Gasteiger partial charge in [-0.15, -0.1) is 0 Å². The van der Waals surface area contributed by atoms with Gasteiger partial charge in [0, 0.05) is 25.3 Å². The average Bonchev–Trinajstić information content (AvgIpc) is 2.68. The van der Waals surface area contributed by atoms with Crippen LogP contribution >= 0.6 is 0 Å². The molecular weight excluding hydrogens is 174 g/mol. The molecule has 1 unspecified atom stereocenters. The molecule has 1 fully saturated rings. The van der Waals surface area contributed by atoms with E-state index in [9.17, 15) is 0 Å². The first-order chi connectivity index (χ1) is 6.77. The number of pyridine rings is 1. The van der Waals surface area contributed by atoms with E-state index in [0.717, 1.165) is 18.9 Å². The van der Waals surface area contributed by atoms with E-state index in [4.69, 9.17) is 0 Å². The molecule has 0 bridgehead atoms. The lowest BCUT2D eigenvalue weighted by molar-refractivity contribution is 0.315. The van der Waals surface area contributed by atoms with Crippen molar-refractivity contribution in [3.05, 3.63) is 24.4 Å². The molecule has 76 valence electrons. The Balaban J connectivity index is 2.03. The SMILES string of the molecule is CN(C)C1CCN(c2ccccn2)C1. The first-order valence-corrected chi connectivity index (χ1v) is 5.10. The Labute approximate surface area is 85.4 Å². The van der Waals surface area contributed by atoms with Crippen LogP contribution in [0.1, 0.15) is 6.42 Å². The zero-order valence-electron chi connectivity index (χ0n) is 8.85. The van der Waals surface area contributed by atoms with Gasteiger partial charge in [0.2, 0.25) is 0 Å². The van der Waals surface area contributed by atoms with Crippen molar-refractivity contribution in [2.24, 2.45) is 0 Å². The summed E-state index contributed by atoms with van der Waals surface area (Å²) in [5.41, 5.74) is 0. The van der Waals surface area contributed by atoms with Crippen molar-refractivity contribution in [2.75, 3.05) is 32.1 Å². The van der Waals surface area contributed by atoms with E-state index in [0.29, 0.717) is 6.04 Å². The lowest BCUT2D eigenvalue weighted by Crippen LogP contribution is -2.31. The summed E-state index contributed by atoms with van der Waals surface area (Å²) >= 11 is 0. The van der Waals surface area contributed by atoms with Gasteiger partial charge in [-0.25, -0.2) is 4.98 Å². The Hall–Kier alpha value is -1.09. The smallest absolute Gasteiger partial charge is 0.128 e. The largest absolute Gasteiger partial charge is 0.355 e. The van der Waals surface area contributed by atoms with Gasteiger partial charge >= 0.3 is 0 Å². The highest BCUT2D eigenvalue weighted by atomic mass is 15.3. The first-order valence-electron chi connectivity index (χ1n) is 5.10. The summed E-state index contributed by atoms with van der Waals surface area (Å²) in [4.78, 5) is 9.01. The van der Waals surface area contributed by atoms with Crippen molar-refractivity contribution in [3.63, 3.8) is 0 Å². The quantitative estimate of drug-likeness (QED) is 0.700. The third kappa shape index (κ3) is 1.87. The highest BCUT2D eigenvalue weighted by Gasteiger charge is 2.24. The highest BCUT2D eigenvalue weighted by molar-refractivity contribution is 5.39. The van der Waals surface area contributed by atoms with Crippen molar-refractivity contribution in [1.29, 1.82) is 0 Å². The lowest BCUT2D eigenvalue weighted by atomic mass is 10.2. The number of anilines is 1. The molecule has 1 atom stereocenters. The second-order valence-corrected chi connectivity index (χ2v) is 4.04. The van der Waals surface area contributed by atoms with Crippen LogP contribution in [0.15, 0.2) is 24.4 Å². The van der Waals surface area contributed by atoms with Crippen LogP contribution in [0.3, 0.4) is 0 Å². The molecule has 0 aliphatic carbocycles. The van der Waals surface area contributed by atoms with Crippen molar-refractivity contribution in [3.8, 4) is 0 Å². The van der Waals surface area contributed by atoms with E-state index in [1.165, 1.54) is 6.42 Å². The summed E-state index contributed by atoms with van der Waals surface area (Å²) in [6.07, 6.45) is 3.10. The van der Waals surface area contributed by atoms with Crippen LogP contribution < -0.4 is 4.90 Å². The Morgan fingerprint density at radius 2 is 2.29 bits per heavy atom. The fourth-order valence-electron chi connectivity index (χ4n) is 1.91. The molecule has 3 nitrogen and oxygen atoms in total. The highest BCUT2D eigenvalue weighted by Crippen LogP contribution is 2.19. The van der Waals surface area contributed by atoms with Gasteiger partial charge in [0.25, 0.3) is 0 Å². The van der Waals surface area contributed by atoms with Crippen LogP contribution in [0.5, 0.6) is 0 Å². The molecule has 1 saturated heterocycles. The zero-order chi connectivity index (χ0) is 9.97. The molecule has 1 aliphatic heterocycles. The van der Waals surface area contributed by atoms with E-state index in [-0.39, 0.29) is 0 Å². The molecule has 0 spiro atoms. The molecule has 0 N–H and O–H groups in total. The van der Waals surface area contributed by atoms with Gasteiger partial charge in [0.1, 0.15) is 5.82 Å². The van der Waals surface area contributed by atoms with Crippen LogP contribution in [-0.2, 0) is 0 Å². The molecule has 1 aliphatic rings. The van der Waals surface area contributed by atoms with Crippen molar-refractivity contribution >= 4 is 5.82 Å². The molecule has 0 radical (unpaired) electrons. The minimum atomic E-state index is 0.678. The first kappa shape index (κ1) is 9.46. The second kappa shape index (κ2) is 3.96. The third-order valence-electron chi connectivity index (χ3n) is 2.87. The molecule has 2 heterocycles. The van der Waals surface area contributed by atoms with E-state index in [1.807, 2.05) is 18.3 Å². The summed E-state index contributed by atoms with van der Waals surface area (Å²) in [5.74, 6) is 1.11. The summed E-state index contributed by atoms with van der Waals surface area (Å²) < 4.78 is 0. The molecular formula is C11H17N3. The predicted molar refractivity (Wildman–Crippen MR) is 58.5 cm³/mol. The van der Waals surface area contributed by atoms with Gasteiger partial charge in [0.15, 0.2) is 0 Å². The molecule has 2 rings (SSSR count). The summed E-state index contributed by atoms with van der Waals surface area (Å²) in [5, 5.41) is 0. The summed E-state index contributed by atoms with van der Waals surface area (Å²) in [6.45, 7) is 2.23. The molecule has 0 saturated carbocycles. The van der Waals surface area contributed by atoms with Gasteiger partial charge < -0.3 is 9.80 Å². The van der Waals surface area contributed by atoms with Gasteiger partial charge in [0.05, 0.1) is 0 Å². The van der Waals surface area contributed by atoms with Crippen LogP contribution in [0, 0.1) is 0 Å². The Kier molecular flexibility index (Phi) is 2.68. The Morgan fingerprint density at radius 3 is 2.86 bits per heavy atom. The zero-order valence-corrected chi connectivity index (χ0v) is 8.85. The standard InChI is InChI=1S/C11H17N3/c1-13(2)10-6-8-14(9-10)11-5-3-4-7-12-11/h3-5,7,10H,6,8-9H2,1-2H3. The number of hydrogen-bond donors (Lipinski definition) is 0. The van der Waals surface area contributed by atoms with E-state index < -0.39 is 0 Å². The molecule has 0 amide bonds. The van der Waals surface area contributed by atoms with Crippen LogP contribution in [0.25, 0.3) is 0 Å². The normalized spacial score (nSPS) is 21.9. The number of hydrogen-bond acceptors (Lipinski definition) is 3. The monoisotopic (exact) mass is 191 g/mol. The minimum absolute atomic E-state index is 0.678. The fraction of sp³-hybridized carbons (Fsp3) is 0.545. The van der Waals surface area contributed by atoms with Gasteiger partial charge in [-0.1, -0.05) is 6.07 Å². The molecule has 0 aromatic carbocycles. The topological polar surface area (TPSA) is 19.4 Å². The Morgan fingerprint density at radius 1 is 1.43 bits per heavy atom. The van der Waals surface area contributed by atoms with E-state index in [1.54, 1.807) is 0 Å². The maximum Gasteiger partial charge on any atom is 0.128 e. The average molecular weight is 191 g/mol. The molecule has 3 heteroatoms. The van der Waals surface area contributed by atoms with Crippen molar-refractivity contribution < 1.29 is 0 Å². The van der Waals surface area contributed by atoms with Gasteiger partial charge in [-0.2, -0.15) is 0 Å². The number of nitrogens with zero attached hydrogens (tertiary/aromatic N) is 3. The maximum atomic E-state index is 4.36. The maximum absolute atomic E-state index is 4.36. The van der Waals surface area contributed by atoms with Crippen molar-refractivity contribution in [2.45, 2.75) is 12.5 Å². The third-order valence-corrected chi connectivity index (χ3v) is 2.87. The number of likely N-dealkylation sites (N-methyl/N-ethyl adjacent to an activating group) is 1. The van der Waals surface area contributed by atoms with Crippen LogP contribution in [-0.4, -0.2) is 43.1 Å². The predicted octanol–water partition coefficient (Wildman–Crippen LogP) is 1.22. The van der Waals surface area contributed by atoms with Gasteiger partial charge in [-0.3, -0.25) is 0 Å². The minimum Gasteiger partial charge on any atom is -0.355 e. The molecule has 1 aromatic rings. The summed E-state index contributed by atoms with van der Waals surface area (Å²) in [7, 11) is 4.29. The summed E-state index contributed by atoms with van der Waals surface area (Å²) in [6, 6.07) is 6.77. The molecule has 14 heavy (non-hydrogen) atoms. The number of rotatable bonds is 2. The van der Waals surface area contributed by atoms with Crippen LogP contribution in [0.4, 0.5) is 5.82 Å². The second-order valence-electron chi connectivity index (χ2n) is 4.04. The van der Waals surface area contributed by atoms with Crippen molar-refractivity contribution in [1.82, 2.24) is 9.88 Å². The Bertz CT molecular complexity index is 284. The van der Waals surface area contributed by atoms with Gasteiger partial charge in [-0.05, 0) is 32.6 Å². The number of aromatic nitrogens is 1. The van der Waals surface area contributed by atoms with E-state index in [2.05, 4.69) is 34.9 Å². The fourth-order valence-corrected chi connectivity index (χ4v) is 1.91. The van der Waals surface area contributed by atoms with Crippen LogP contribution in [0.2, 0.25) is 0 Å². The van der Waals surface area contributed by atoms with E-state index >= 15 is 0 Å². The molecule has 1 aromatic heterocycles. The lowest BCUT2D eigenvalue weighted by Gasteiger charge is -2.20.